The largest absolute Gasteiger partial charge is 0.369 e. The van der Waals surface area contributed by atoms with Crippen molar-refractivity contribution in [1.29, 1.82) is 5.26 Å². The zero-order chi connectivity index (χ0) is 16.4. The Hall–Kier alpha value is -2.39. The molecule has 3 rings (SSSR count). The first kappa shape index (κ1) is 15.5. The topological polar surface area (TPSA) is 90.4 Å². The molecule has 23 heavy (non-hydrogen) atoms. The lowest BCUT2D eigenvalue weighted by atomic mass is 9.93. The average Bonchev–Trinajstić information content (AvgIpc) is 2.54. The van der Waals surface area contributed by atoms with Crippen molar-refractivity contribution in [2.24, 2.45) is 11.7 Å². The van der Waals surface area contributed by atoms with Gasteiger partial charge in [-0.2, -0.15) is 5.26 Å². The smallest absolute Gasteiger partial charge is 0.253 e. The molecule has 6 nitrogen and oxygen atoms in total. The zero-order valence-electron chi connectivity index (χ0n) is 12.9. The summed E-state index contributed by atoms with van der Waals surface area (Å²) in [5.74, 6) is -0.184. The molecule has 0 unspecified atom stereocenters. The Morgan fingerprint density at radius 2 is 1.74 bits per heavy atom. The molecule has 2 N–H and O–H groups in total. The number of rotatable bonds is 3. The Morgan fingerprint density at radius 3 is 2.26 bits per heavy atom. The van der Waals surface area contributed by atoms with Crippen LogP contribution in [0.15, 0.2) is 24.3 Å². The van der Waals surface area contributed by atoms with Gasteiger partial charge >= 0.3 is 0 Å². The number of benzene rings is 1. The summed E-state index contributed by atoms with van der Waals surface area (Å²) in [7, 11) is 0. The molecule has 2 saturated heterocycles. The lowest BCUT2D eigenvalue weighted by molar-refractivity contribution is -0.123. The quantitative estimate of drug-likeness (QED) is 0.884. The van der Waals surface area contributed by atoms with Gasteiger partial charge in [-0.25, -0.2) is 0 Å². The lowest BCUT2D eigenvalue weighted by Gasteiger charge is -2.47. The van der Waals surface area contributed by atoms with Crippen LogP contribution in [0.4, 0.5) is 0 Å². The summed E-state index contributed by atoms with van der Waals surface area (Å²) in [4.78, 5) is 27.7. The highest BCUT2D eigenvalue weighted by molar-refractivity contribution is 5.94. The molecule has 0 bridgehead atoms. The Kier molecular flexibility index (Phi) is 4.30. The van der Waals surface area contributed by atoms with Gasteiger partial charge in [-0.1, -0.05) is 0 Å². The van der Waals surface area contributed by atoms with Crippen LogP contribution < -0.4 is 5.73 Å². The first-order valence-corrected chi connectivity index (χ1v) is 7.91. The Morgan fingerprint density at radius 1 is 1.13 bits per heavy atom. The minimum Gasteiger partial charge on any atom is -0.369 e. The molecule has 120 valence electrons. The summed E-state index contributed by atoms with van der Waals surface area (Å²) in [6.07, 6.45) is 1.63. The zero-order valence-corrected chi connectivity index (χ0v) is 12.9. The van der Waals surface area contributed by atoms with Gasteiger partial charge in [0.05, 0.1) is 11.6 Å². The number of nitriles is 1. The maximum atomic E-state index is 12.4. The summed E-state index contributed by atoms with van der Waals surface area (Å²) in [5, 5.41) is 8.79. The maximum Gasteiger partial charge on any atom is 0.253 e. The summed E-state index contributed by atoms with van der Waals surface area (Å²) in [5.41, 5.74) is 6.53. The fraction of sp³-hybridized carbons (Fsp3) is 0.471. The molecule has 2 aliphatic rings. The van der Waals surface area contributed by atoms with Crippen LogP contribution in [0.5, 0.6) is 0 Å². The van der Waals surface area contributed by atoms with E-state index in [1.165, 1.54) is 0 Å². The number of piperidine rings is 1. The number of nitrogens with zero attached hydrogens (tertiary/aromatic N) is 3. The van der Waals surface area contributed by atoms with Gasteiger partial charge in [0.1, 0.15) is 0 Å². The first-order valence-electron chi connectivity index (χ1n) is 7.91. The van der Waals surface area contributed by atoms with Gasteiger partial charge in [0.2, 0.25) is 5.91 Å². The van der Waals surface area contributed by atoms with Crippen LogP contribution in [0.2, 0.25) is 0 Å². The van der Waals surface area contributed by atoms with E-state index < -0.39 is 0 Å². The Labute approximate surface area is 135 Å². The molecule has 0 aliphatic carbocycles. The van der Waals surface area contributed by atoms with Crippen molar-refractivity contribution in [2.45, 2.75) is 18.9 Å². The molecule has 0 saturated carbocycles. The SMILES string of the molecule is N#Cc1ccc(C(=O)N2CC(N3CCC(C(N)=O)CC3)C2)cc1. The van der Waals surface area contributed by atoms with Crippen molar-refractivity contribution in [1.82, 2.24) is 9.80 Å². The minimum absolute atomic E-state index is 0.00251. The summed E-state index contributed by atoms with van der Waals surface area (Å²) >= 11 is 0. The monoisotopic (exact) mass is 312 g/mol. The van der Waals surface area contributed by atoms with Crippen LogP contribution in [0.3, 0.4) is 0 Å². The summed E-state index contributed by atoms with van der Waals surface area (Å²) in [6, 6.07) is 9.16. The third-order valence-corrected chi connectivity index (χ3v) is 4.86. The number of hydrogen-bond donors (Lipinski definition) is 1. The van der Waals surface area contributed by atoms with Gasteiger partial charge in [0.15, 0.2) is 0 Å². The number of amides is 2. The second-order valence-corrected chi connectivity index (χ2v) is 6.27. The molecule has 6 heteroatoms. The molecule has 2 heterocycles. The van der Waals surface area contributed by atoms with Crippen molar-refractivity contribution in [2.75, 3.05) is 26.2 Å². The predicted molar refractivity (Wildman–Crippen MR) is 84.3 cm³/mol. The fourth-order valence-electron chi connectivity index (χ4n) is 3.27. The molecular weight excluding hydrogens is 292 g/mol. The molecule has 0 aromatic heterocycles. The highest BCUT2D eigenvalue weighted by Gasteiger charge is 2.37. The van der Waals surface area contributed by atoms with Gasteiger partial charge in [-0.05, 0) is 50.2 Å². The number of primary amides is 1. The van der Waals surface area contributed by atoms with Crippen LogP contribution in [0.25, 0.3) is 0 Å². The van der Waals surface area contributed by atoms with Crippen molar-refractivity contribution in [3.05, 3.63) is 35.4 Å². The molecule has 2 fully saturated rings. The number of carbonyl (C=O) groups is 2. The second kappa shape index (κ2) is 6.39. The highest BCUT2D eigenvalue weighted by Crippen LogP contribution is 2.24. The van der Waals surface area contributed by atoms with Gasteiger partial charge in [0.25, 0.3) is 5.91 Å². The number of likely N-dealkylation sites (tertiary alicyclic amines) is 2. The van der Waals surface area contributed by atoms with Crippen molar-refractivity contribution < 1.29 is 9.59 Å². The van der Waals surface area contributed by atoms with Crippen molar-refractivity contribution in [3.63, 3.8) is 0 Å². The Bertz CT molecular complexity index is 636. The predicted octanol–water partition coefficient (Wildman–Crippen LogP) is 0.580. The lowest BCUT2D eigenvalue weighted by Crippen LogP contribution is -2.62. The third kappa shape index (κ3) is 3.20. The van der Waals surface area contributed by atoms with Gasteiger partial charge in [-0.3, -0.25) is 14.5 Å². The normalized spacial score (nSPS) is 19.9. The maximum absolute atomic E-state index is 12.4. The second-order valence-electron chi connectivity index (χ2n) is 6.27. The van der Waals surface area contributed by atoms with E-state index in [0.29, 0.717) is 17.2 Å². The van der Waals surface area contributed by atoms with Crippen LogP contribution in [0, 0.1) is 17.2 Å². The standard InChI is InChI=1S/C17H20N4O2/c18-9-12-1-3-14(4-2-12)17(23)21-10-15(11-21)20-7-5-13(6-8-20)16(19)22/h1-4,13,15H,5-8,10-11H2,(H2,19,22). The van der Waals surface area contributed by atoms with E-state index in [2.05, 4.69) is 4.90 Å². The van der Waals surface area contributed by atoms with Crippen LogP contribution in [-0.4, -0.2) is 53.8 Å². The van der Waals surface area contributed by atoms with Crippen molar-refractivity contribution in [3.8, 4) is 6.07 Å². The number of nitrogens with two attached hydrogens (primary N) is 1. The molecule has 1 aromatic rings. The molecule has 0 atom stereocenters. The summed E-state index contributed by atoms with van der Waals surface area (Å²) < 4.78 is 0. The van der Waals surface area contributed by atoms with Crippen LogP contribution in [0.1, 0.15) is 28.8 Å². The molecule has 2 aliphatic heterocycles. The van der Waals surface area contributed by atoms with Crippen LogP contribution >= 0.6 is 0 Å². The fourth-order valence-corrected chi connectivity index (χ4v) is 3.27. The van der Waals surface area contributed by atoms with Gasteiger partial charge in [-0.15, -0.1) is 0 Å². The molecule has 2 amide bonds. The van der Waals surface area contributed by atoms with E-state index in [4.69, 9.17) is 11.0 Å². The van der Waals surface area contributed by atoms with Crippen molar-refractivity contribution >= 4 is 11.8 Å². The van der Waals surface area contributed by atoms with Gasteiger partial charge < -0.3 is 10.6 Å². The molecule has 0 radical (unpaired) electrons. The Balaban J connectivity index is 1.50. The van der Waals surface area contributed by atoms with E-state index in [-0.39, 0.29) is 17.7 Å². The van der Waals surface area contributed by atoms with E-state index in [9.17, 15) is 9.59 Å². The van der Waals surface area contributed by atoms with Gasteiger partial charge in [0, 0.05) is 30.6 Å². The summed E-state index contributed by atoms with van der Waals surface area (Å²) in [6.45, 7) is 3.19. The molecular formula is C17H20N4O2. The number of hydrogen-bond acceptors (Lipinski definition) is 4. The first-order chi connectivity index (χ1) is 11.1. The van der Waals surface area contributed by atoms with E-state index >= 15 is 0 Å². The van der Waals surface area contributed by atoms with Crippen LogP contribution in [-0.2, 0) is 4.79 Å². The molecule has 0 spiro atoms. The average molecular weight is 312 g/mol. The third-order valence-electron chi connectivity index (χ3n) is 4.86. The molecule has 1 aromatic carbocycles. The van der Waals surface area contributed by atoms with E-state index in [1.54, 1.807) is 24.3 Å². The number of carbonyl (C=O) groups excluding carboxylic acids is 2. The minimum atomic E-state index is -0.198. The van der Waals surface area contributed by atoms with E-state index in [1.807, 2.05) is 11.0 Å². The highest BCUT2D eigenvalue weighted by atomic mass is 16.2. The van der Waals surface area contributed by atoms with E-state index in [0.717, 1.165) is 39.0 Å².